The molecule has 0 bridgehead atoms. The summed E-state index contributed by atoms with van der Waals surface area (Å²) in [5.74, 6) is 2.01. The van der Waals surface area contributed by atoms with Crippen molar-refractivity contribution in [3.05, 3.63) is 96.8 Å². The lowest BCUT2D eigenvalue weighted by Crippen LogP contribution is -2.14. The largest absolute Gasteiger partial charge is 0.439 e. The van der Waals surface area contributed by atoms with Gasteiger partial charge >= 0.3 is 0 Å². The van der Waals surface area contributed by atoms with Crippen LogP contribution in [0, 0.1) is 6.92 Å². The standard InChI is InChI=1S/C24H18N6O2/c1-16-26-22(30-12-4-5-13-30)14-23(27-16)32-18-10-8-17(9-11-18)28-24(31)21-15-25-19-6-2-3-7-20(19)29-21/h2-15H,1H3,(H,28,31). The summed E-state index contributed by atoms with van der Waals surface area (Å²) in [5.41, 5.74) is 2.27. The van der Waals surface area contributed by atoms with Crippen LogP contribution in [0.2, 0.25) is 0 Å². The highest BCUT2D eigenvalue weighted by atomic mass is 16.5. The molecule has 0 saturated carbocycles. The fraction of sp³-hybridized carbons (Fsp3) is 0.0417. The van der Waals surface area contributed by atoms with Crippen LogP contribution in [-0.4, -0.2) is 30.4 Å². The van der Waals surface area contributed by atoms with Crippen molar-refractivity contribution in [1.82, 2.24) is 24.5 Å². The summed E-state index contributed by atoms with van der Waals surface area (Å²) in [6, 6.07) is 20.0. The first-order valence-electron chi connectivity index (χ1n) is 9.94. The van der Waals surface area contributed by atoms with Gasteiger partial charge < -0.3 is 14.6 Å². The Kier molecular flexibility index (Phi) is 5.01. The molecule has 0 radical (unpaired) electrons. The molecule has 2 aromatic carbocycles. The van der Waals surface area contributed by atoms with Crippen LogP contribution in [0.1, 0.15) is 16.3 Å². The van der Waals surface area contributed by atoms with E-state index in [0.717, 1.165) is 11.3 Å². The van der Waals surface area contributed by atoms with Crippen molar-refractivity contribution in [1.29, 1.82) is 0 Å². The molecule has 5 rings (SSSR count). The molecular formula is C24H18N6O2. The van der Waals surface area contributed by atoms with Crippen molar-refractivity contribution in [3.8, 4) is 17.4 Å². The average Bonchev–Trinajstić information content (AvgIpc) is 3.35. The predicted octanol–water partition coefficient (Wildman–Crippen LogP) is 4.56. The number of fused-ring (bicyclic) bond motifs is 1. The van der Waals surface area contributed by atoms with Crippen LogP contribution < -0.4 is 10.1 Å². The SMILES string of the molecule is Cc1nc(Oc2ccc(NC(=O)c3cnc4ccccc4n3)cc2)cc(-n2cccc2)n1. The normalized spacial score (nSPS) is 10.8. The lowest BCUT2D eigenvalue weighted by molar-refractivity contribution is 0.102. The van der Waals surface area contributed by atoms with E-state index in [2.05, 4.69) is 25.3 Å². The molecule has 1 amide bonds. The number of amides is 1. The van der Waals surface area contributed by atoms with Gasteiger partial charge in [0.15, 0.2) is 0 Å². The van der Waals surface area contributed by atoms with E-state index in [0.29, 0.717) is 28.7 Å². The van der Waals surface area contributed by atoms with Gasteiger partial charge in [0, 0.05) is 24.1 Å². The van der Waals surface area contributed by atoms with E-state index in [1.165, 1.54) is 6.20 Å². The maximum absolute atomic E-state index is 12.6. The van der Waals surface area contributed by atoms with Crippen molar-refractivity contribution in [2.75, 3.05) is 5.32 Å². The molecule has 3 aromatic heterocycles. The van der Waals surface area contributed by atoms with Crippen molar-refractivity contribution in [3.63, 3.8) is 0 Å². The molecule has 1 N–H and O–H groups in total. The monoisotopic (exact) mass is 422 g/mol. The number of hydrogen-bond acceptors (Lipinski definition) is 6. The number of aromatic nitrogens is 5. The van der Waals surface area contributed by atoms with Gasteiger partial charge in [-0.15, -0.1) is 0 Å². The molecule has 0 fully saturated rings. The van der Waals surface area contributed by atoms with Gasteiger partial charge in [0.25, 0.3) is 5.91 Å². The highest BCUT2D eigenvalue weighted by Crippen LogP contribution is 2.23. The maximum Gasteiger partial charge on any atom is 0.275 e. The first kappa shape index (κ1) is 19.4. The van der Waals surface area contributed by atoms with Gasteiger partial charge in [-0.1, -0.05) is 12.1 Å². The van der Waals surface area contributed by atoms with Gasteiger partial charge in [-0.2, -0.15) is 4.98 Å². The van der Waals surface area contributed by atoms with Crippen LogP contribution >= 0.6 is 0 Å². The number of aryl methyl sites for hydroxylation is 1. The summed E-state index contributed by atoms with van der Waals surface area (Å²) < 4.78 is 7.78. The molecule has 32 heavy (non-hydrogen) atoms. The van der Waals surface area contributed by atoms with Crippen molar-refractivity contribution in [2.24, 2.45) is 0 Å². The Balaban J connectivity index is 1.29. The summed E-state index contributed by atoms with van der Waals surface area (Å²) in [6.07, 6.45) is 5.28. The second-order valence-electron chi connectivity index (χ2n) is 7.03. The second kappa shape index (κ2) is 8.27. The Labute approximate surface area is 183 Å². The van der Waals surface area contributed by atoms with E-state index in [1.807, 2.05) is 60.3 Å². The van der Waals surface area contributed by atoms with Crippen LogP contribution in [0.4, 0.5) is 5.69 Å². The summed E-state index contributed by atoms with van der Waals surface area (Å²) >= 11 is 0. The van der Waals surface area contributed by atoms with Crippen molar-refractivity contribution < 1.29 is 9.53 Å². The van der Waals surface area contributed by atoms with E-state index in [-0.39, 0.29) is 11.6 Å². The smallest absolute Gasteiger partial charge is 0.275 e. The van der Waals surface area contributed by atoms with Crippen LogP contribution in [0.3, 0.4) is 0 Å². The van der Waals surface area contributed by atoms with E-state index in [1.54, 1.807) is 30.3 Å². The quantitative estimate of drug-likeness (QED) is 0.446. The van der Waals surface area contributed by atoms with Gasteiger partial charge in [-0.3, -0.25) is 9.78 Å². The minimum Gasteiger partial charge on any atom is -0.439 e. The predicted molar refractivity (Wildman–Crippen MR) is 120 cm³/mol. The van der Waals surface area contributed by atoms with Gasteiger partial charge in [0.1, 0.15) is 23.1 Å². The number of hydrogen-bond donors (Lipinski definition) is 1. The molecule has 0 spiro atoms. The Morgan fingerprint density at radius 2 is 1.66 bits per heavy atom. The first-order valence-corrected chi connectivity index (χ1v) is 9.94. The molecule has 0 aliphatic rings. The fourth-order valence-electron chi connectivity index (χ4n) is 3.19. The molecule has 0 aliphatic heterocycles. The van der Waals surface area contributed by atoms with E-state index < -0.39 is 0 Å². The molecule has 8 heteroatoms. The van der Waals surface area contributed by atoms with Crippen LogP contribution in [0.5, 0.6) is 11.6 Å². The Bertz CT molecular complexity index is 1400. The molecule has 0 unspecified atom stereocenters. The topological polar surface area (TPSA) is 94.8 Å². The fourth-order valence-corrected chi connectivity index (χ4v) is 3.19. The molecule has 0 aliphatic carbocycles. The highest BCUT2D eigenvalue weighted by molar-refractivity contribution is 6.03. The molecule has 156 valence electrons. The number of nitrogens with one attached hydrogen (secondary N) is 1. The van der Waals surface area contributed by atoms with E-state index in [4.69, 9.17) is 4.74 Å². The van der Waals surface area contributed by atoms with Crippen molar-refractivity contribution in [2.45, 2.75) is 6.92 Å². The third-order valence-electron chi connectivity index (χ3n) is 4.69. The zero-order chi connectivity index (χ0) is 21.9. The number of carbonyl (C=O) groups excluding carboxylic acids is 1. The van der Waals surface area contributed by atoms with Gasteiger partial charge in [0.2, 0.25) is 5.88 Å². The number of nitrogens with zero attached hydrogens (tertiary/aromatic N) is 5. The third kappa shape index (κ3) is 4.15. The highest BCUT2D eigenvalue weighted by Gasteiger charge is 2.10. The number of rotatable bonds is 5. The minimum atomic E-state index is -0.334. The number of benzene rings is 2. The van der Waals surface area contributed by atoms with Gasteiger partial charge in [0.05, 0.1) is 17.2 Å². The maximum atomic E-state index is 12.6. The third-order valence-corrected chi connectivity index (χ3v) is 4.69. The molecular weight excluding hydrogens is 404 g/mol. The zero-order valence-electron chi connectivity index (χ0n) is 17.1. The number of carbonyl (C=O) groups is 1. The average molecular weight is 422 g/mol. The Morgan fingerprint density at radius 1 is 0.906 bits per heavy atom. The zero-order valence-corrected chi connectivity index (χ0v) is 17.1. The van der Waals surface area contributed by atoms with Crippen molar-refractivity contribution >= 4 is 22.6 Å². The lowest BCUT2D eigenvalue weighted by atomic mass is 10.2. The van der Waals surface area contributed by atoms with E-state index in [9.17, 15) is 4.79 Å². The van der Waals surface area contributed by atoms with Gasteiger partial charge in [-0.25, -0.2) is 9.97 Å². The summed E-state index contributed by atoms with van der Waals surface area (Å²) in [4.78, 5) is 30.0. The minimum absolute atomic E-state index is 0.248. The van der Waals surface area contributed by atoms with Crippen LogP contribution in [-0.2, 0) is 0 Å². The lowest BCUT2D eigenvalue weighted by Gasteiger charge is -2.10. The van der Waals surface area contributed by atoms with Gasteiger partial charge in [-0.05, 0) is 55.5 Å². The van der Waals surface area contributed by atoms with Crippen LogP contribution in [0.15, 0.2) is 85.3 Å². The summed E-state index contributed by atoms with van der Waals surface area (Å²) in [7, 11) is 0. The molecule has 5 aromatic rings. The van der Waals surface area contributed by atoms with E-state index >= 15 is 0 Å². The Morgan fingerprint density at radius 3 is 2.44 bits per heavy atom. The molecule has 0 saturated heterocycles. The number of ether oxygens (including phenoxy) is 1. The number of para-hydroxylation sites is 2. The molecule has 0 atom stereocenters. The van der Waals surface area contributed by atoms with Crippen LogP contribution in [0.25, 0.3) is 16.9 Å². The first-order chi connectivity index (χ1) is 15.6. The summed E-state index contributed by atoms with van der Waals surface area (Å²) in [5, 5.41) is 2.82. The molecule has 3 heterocycles. The molecule has 8 nitrogen and oxygen atoms in total. The Hall–Kier alpha value is -4.59. The second-order valence-corrected chi connectivity index (χ2v) is 7.03. The number of anilines is 1. The summed E-state index contributed by atoms with van der Waals surface area (Å²) in [6.45, 7) is 1.81.